The maximum Gasteiger partial charge on any atom is 0.0483 e. The molecule has 0 amide bonds. The zero-order valence-electron chi connectivity index (χ0n) is 9.75. The van der Waals surface area contributed by atoms with Crippen molar-refractivity contribution >= 4 is 0 Å². The standard InChI is InChI=1S/C6H14O2.C5H12/c1-5(2)6(3-7)4-8;1-4-5(2)3/h5-8H,3-4H2,1-2H3;5H,4H2,1-3H3. The highest BCUT2D eigenvalue weighted by Crippen LogP contribution is 2.07. The summed E-state index contributed by atoms with van der Waals surface area (Å²) < 4.78 is 0. The van der Waals surface area contributed by atoms with E-state index in [0.29, 0.717) is 5.92 Å². The van der Waals surface area contributed by atoms with Crippen molar-refractivity contribution in [3.05, 3.63) is 0 Å². The first kappa shape index (κ1) is 15.4. The lowest BCUT2D eigenvalue weighted by Crippen LogP contribution is -2.17. The second-order valence-electron chi connectivity index (χ2n) is 4.17. The van der Waals surface area contributed by atoms with Crippen LogP contribution in [0.1, 0.15) is 41.0 Å². The van der Waals surface area contributed by atoms with Gasteiger partial charge in [-0.05, 0) is 11.8 Å². The summed E-state index contributed by atoms with van der Waals surface area (Å²) in [4.78, 5) is 0. The van der Waals surface area contributed by atoms with Crippen molar-refractivity contribution in [2.24, 2.45) is 17.8 Å². The maximum atomic E-state index is 8.54. The molecule has 0 unspecified atom stereocenters. The fourth-order valence-electron chi connectivity index (χ4n) is 0.479. The lowest BCUT2D eigenvalue weighted by atomic mass is 9.98. The highest BCUT2D eigenvalue weighted by Gasteiger charge is 2.08. The molecule has 0 heterocycles. The molecule has 2 heteroatoms. The molecule has 13 heavy (non-hydrogen) atoms. The van der Waals surface area contributed by atoms with Gasteiger partial charge in [0.25, 0.3) is 0 Å². The molecular weight excluding hydrogens is 164 g/mol. The summed E-state index contributed by atoms with van der Waals surface area (Å²) in [6.45, 7) is 10.8. The predicted octanol–water partition coefficient (Wildman–Crippen LogP) is 2.30. The number of hydrogen-bond donors (Lipinski definition) is 2. The Morgan fingerprint density at radius 2 is 1.23 bits per heavy atom. The highest BCUT2D eigenvalue weighted by molar-refractivity contribution is 4.58. The molecule has 0 fully saturated rings. The van der Waals surface area contributed by atoms with Crippen LogP contribution in [0.5, 0.6) is 0 Å². The highest BCUT2D eigenvalue weighted by atomic mass is 16.3. The molecule has 0 aliphatic rings. The molecular formula is C11H26O2. The van der Waals surface area contributed by atoms with Gasteiger partial charge in [-0.3, -0.25) is 0 Å². The van der Waals surface area contributed by atoms with E-state index in [9.17, 15) is 0 Å². The molecule has 0 aromatic rings. The van der Waals surface area contributed by atoms with Gasteiger partial charge in [0.1, 0.15) is 0 Å². The van der Waals surface area contributed by atoms with Crippen LogP contribution in [0.15, 0.2) is 0 Å². The van der Waals surface area contributed by atoms with Gasteiger partial charge in [-0.25, -0.2) is 0 Å². The molecule has 0 aromatic heterocycles. The molecule has 0 aliphatic heterocycles. The summed E-state index contributed by atoms with van der Waals surface area (Å²) >= 11 is 0. The first-order chi connectivity index (χ1) is 5.99. The summed E-state index contributed by atoms with van der Waals surface area (Å²) in [5.41, 5.74) is 0. The van der Waals surface area contributed by atoms with Crippen molar-refractivity contribution < 1.29 is 10.2 Å². The van der Waals surface area contributed by atoms with Gasteiger partial charge in [0.05, 0.1) is 0 Å². The smallest absolute Gasteiger partial charge is 0.0483 e. The monoisotopic (exact) mass is 190 g/mol. The van der Waals surface area contributed by atoms with E-state index >= 15 is 0 Å². The zero-order valence-corrected chi connectivity index (χ0v) is 9.75. The van der Waals surface area contributed by atoms with E-state index in [1.54, 1.807) is 0 Å². The molecule has 2 nitrogen and oxygen atoms in total. The van der Waals surface area contributed by atoms with E-state index in [0.717, 1.165) is 5.92 Å². The van der Waals surface area contributed by atoms with Crippen molar-refractivity contribution in [2.45, 2.75) is 41.0 Å². The minimum Gasteiger partial charge on any atom is -0.396 e. The van der Waals surface area contributed by atoms with Gasteiger partial charge in [-0.15, -0.1) is 0 Å². The van der Waals surface area contributed by atoms with Gasteiger partial charge in [0.2, 0.25) is 0 Å². The van der Waals surface area contributed by atoms with Crippen LogP contribution in [0.4, 0.5) is 0 Å². The molecule has 0 aromatic carbocycles. The average molecular weight is 190 g/mol. The van der Waals surface area contributed by atoms with E-state index in [4.69, 9.17) is 10.2 Å². The SMILES string of the molecule is CC(C)C(CO)CO.CCC(C)C. The summed E-state index contributed by atoms with van der Waals surface area (Å²) in [7, 11) is 0. The van der Waals surface area contributed by atoms with E-state index in [1.807, 2.05) is 13.8 Å². The van der Waals surface area contributed by atoms with Gasteiger partial charge in [0.15, 0.2) is 0 Å². The number of hydrogen-bond acceptors (Lipinski definition) is 2. The number of rotatable bonds is 4. The second kappa shape index (κ2) is 10.0. The van der Waals surface area contributed by atoms with Crippen LogP contribution >= 0.6 is 0 Å². The Balaban J connectivity index is 0. The molecule has 0 spiro atoms. The van der Waals surface area contributed by atoms with Crippen LogP contribution in [0.3, 0.4) is 0 Å². The lowest BCUT2D eigenvalue weighted by Gasteiger charge is -2.13. The van der Waals surface area contributed by atoms with Crippen molar-refractivity contribution in [3.63, 3.8) is 0 Å². The summed E-state index contributed by atoms with van der Waals surface area (Å²) in [5, 5.41) is 17.1. The summed E-state index contributed by atoms with van der Waals surface area (Å²) in [6, 6.07) is 0. The molecule has 0 saturated heterocycles. The average Bonchev–Trinajstić information content (AvgIpc) is 2.07. The van der Waals surface area contributed by atoms with Gasteiger partial charge in [-0.2, -0.15) is 0 Å². The Labute approximate surface area is 83.0 Å². The van der Waals surface area contributed by atoms with E-state index in [1.165, 1.54) is 6.42 Å². The first-order valence-corrected chi connectivity index (χ1v) is 5.21. The fourth-order valence-corrected chi connectivity index (χ4v) is 0.479. The normalized spacial score (nSPS) is 10.6. The minimum atomic E-state index is 0.0648. The van der Waals surface area contributed by atoms with Crippen molar-refractivity contribution in [1.29, 1.82) is 0 Å². The zero-order chi connectivity index (χ0) is 10.9. The van der Waals surface area contributed by atoms with Crippen LogP contribution in [0.25, 0.3) is 0 Å². The molecule has 0 aliphatic carbocycles. The van der Waals surface area contributed by atoms with Crippen molar-refractivity contribution in [3.8, 4) is 0 Å². The Kier molecular flexibility index (Phi) is 11.8. The van der Waals surface area contributed by atoms with Crippen molar-refractivity contribution in [1.82, 2.24) is 0 Å². The van der Waals surface area contributed by atoms with Gasteiger partial charge >= 0.3 is 0 Å². The van der Waals surface area contributed by atoms with E-state index in [-0.39, 0.29) is 19.1 Å². The Morgan fingerprint density at radius 1 is 0.923 bits per heavy atom. The number of aliphatic hydroxyl groups excluding tert-OH is 2. The third-order valence-electron chi connectivity index (χ3n) is 2.23. The van der Waals surface area contributed by atoms with Crippen LogP contribution in [-0.4, -0.2) is 23.4 Å². The van der Waals surface area contributed by atoms with Gasteiger partial charge in [0, 0.05) is 19.1 Å². The molecule has 2 N–H and O–H groups in total. The third kappa shape index (κ3) is 11.9. The van der Waals surface area contributed by atoms with Gasteiger partial charge in [-0.1, -0.05) is 41.0 Å². The third-order valence-corrected chi connectivity index (χ3v) is 2.23. The largest absolute Gasteiger partial charge is 0.396 e. The molecule has 0 rings (SSSR count). The fraction of sp³-hybridized carbons (Fsp3) is 1.00. The molecule has 0 atom stereocenters. The topological polar surface area (TPSA) is 40.5 Å². The molecule has 0 saturated carbocycles. The van der Waals surface area contributed by atoms with Crippen LogP contribution in [0.2, 0.25) is 0 Å². The maximum absolute atomic E-state index is 8.54. The van der Waals surface area contributed by atoms with E-state index < -0.39 is 0 Å². The lowest BCUT2D eigenvalue weighted by molar-refractivity contribution is 0.118. The minimum absolute atomic E-state index is 0.0648. The second-order valence-corrected chi connectivity index (χ2v) is 4.17. The van der Waals surface area contributed by atoms with Crippen LogP contribution in [0, 0.1) is 17.8 Å². The van der Waals surface area contributed by atoms with Gasteiger partial charge < -0.3 is 10.2 Å². The molecule has 82 valence electrons. The summed E-state index contributed by atoms with van der Waals surface area (Å²) in [5.74, 6) is 1.33. The Hall–Kier alpha value is -0.0800. The van der Waals surface area contributed by atoms with Crippen LogP contribution in [-0.2, 0) is 0 Å². The number of aliphatic hydroxyl groups is 2. The van der Waals surface area contributed by atoms with Crippen LogP contribution < -0.4 is 0 Å². The molecule has 0 bridgehead atoms. The van der Waals surface area contributed by atoms with E-state index in [2.05, 4.69) is 20.8 Å². The Bertz CT molecular complexity index is 86.1. The summed E-state index contributed by atoms with van der Waals surface area (Å²) in [6.07, 6.45) is 1.31. The van der Waals surface area contributed by atoms with Crippen molar-refractivity contribution in [2.75, 3.05) is 13.2 Å². The first-order valence-electron chi connectivity index (χ1n) is 5.21. The Morgan fingerprint density at radius 3 is 1.23 bits per heavy atom. The predicted molar refractivity (Wildman–Crippen MR) is 57.6 cm³/mol. The molecule has 0 radical (unpaired) electrons. The quantitative estimate of drug-likeness (QED) is 0.714.